The zero-order valence-corrected chi connectivity index (χ0v) is 16.3. The number of aliphatic hydroxyl groups is 3. The van der Waals surface area contributed by atoms with Crippen LogP contribution in [0.15, 0.2) is 0 Å². The first-order valence-electron chi connectivity index (χ1n) is 9.35. The lowest BCUT2D eigenvalue weighted by Crippen LogP contribution is -2.28. The van der Waals surface area contributed by atoms with Crippen LogP contribution in [0.25, 0.3) is 0 Å². The molecule has 0 radical (unpaired) electrons. The molecule has 0 aromatic rings. The van der Waals surface area contributed by atoms with Crippen molar-refractivity contribution in [1.29, 1.82) is 0 Å². The zero-order chi connectivity index (χ0) is 20.6. The maximum atomic E-state index is 10.6. The number of Topliss-reactive ketones (excluding diaryl/α,β-unsaturated/α-hetero) is 3. The topological polar surface area (TPSA) is 148 Å². The van der Waals surface area contributed by atoms with Gasteiger partial charge in [-0.2, -0.15) is 0 Å². The molecule has 6 atom stereocenters. The maximum Gasteiger partial charge on any atom is 0.146 e. The van der Waals surface area contributed by atoms with Gasteiger partial charge < -0.3 is 31.3 Å². The summed E-state index contributed by atoms with van der Waals surface area (Å²) in [5, 5.41) is 35.5. The second-order valence-corrected chi connectivity index (χ2v) is 7.38. The van der Waals surface area contributed by atoms with Gasteiger partial charge in [0.2, 0.25) is 0 Å². The van der Waals surface area contributed by atoms with Crippen molar-refractivity contribution >= 4 is 17.3 Å². The molecule has 0 aliphatic carbocycles. The van der Waals surface area contributed by atoms with E-state index in [1.165, 1.54) is 20.8 Å². The van der Waals surface area contributed by atoms with Gasteiger partial charge in [-0.3, -0.25) is 14.4 Å². The lowest BCUT2D eigenvalue weighted by Gasteiger charge is -2.01. The maximum absolute atomic E-state index is 10.6. The van der Waals surface area contributed by atoms with Crippen molar-refractivity contribution in [2.45, 2.75) is 76.5 Å². The average Bonchev–Trinajstić information content (AvgIpc) is 3.30. The molecule has 0 saturated carbocycles. The van der Waals surface area contributed by atoms with Crippen LogP contribution in [-0.2, 0) is 14.4 Å². The quantitative estimate of drug-likeness (QED) is 0.320. The van der Waals surface area contributed by atoms with Crippen LogP contribution in [0.2, 0.25) is 0 Å². The molecule has 3 fully saturated rings. The van der Waals surface area contributed by atoms with E-state index < -0.39 is 0 Å². The smallest absolute Gasteiger partial charge is 0.146 e. The molecule has 3 heterocycles. The fraction of sp³-hybridized carbons (Fsp3) is 0.833. The van der Waals surface area contributed by atoms with Crippen molar-refractivity contribution in [2.75, 3.05) is 19.6 Å². The Morgan fingerprint density at radius 1 is 0.593 bits per heavy atom. The van der Waals surface area contributed by atoms with Crippen LogP contribution in [0.5, 0.6) is 0 Å². The van der Waals surface area contributed by atoms with Crippen LogP contribution < -0.4 is 16.0 Å². The van der Waals surface area contributed by atoms with Gasteiger partial charge in [-0.1, -0.05) is 0 Å². The number of hydrogen-bond acceptors (Lipinski definition) is 9. The Bertz CT molecular complexity index is 444. The highest BCUT2D eigenvalue weighted by Crippen LogP contribution is 2.07. The molecule has 0 amide bonds. The van der Waals surface area contributed by atoms with Gasteiger partial charge in [0.05, 0.1) is 36.4 Å². The first-order chi connectivity index (χ1) is 12.6. The Hall–Kier alpha value is -1.23. The van der Waals surface area contributed by atoms with Crippen LogP contribution in [0, 0.1) is 0 Å². The first kappa shape index (κ1) is 23.8. The highest BCUT2D eigenvalue weighted by Gasteiger charge is 2.26. The van der Waals surface area contributed by atoms with Crippen molar-refractivity contribution < 1.29 is 29.7 Å². The SMILES string of the molecule is CC(=O)[C@@H]1C[C@@H](O)CN1.CC(=O)[C@@H]1C[C@H](O)CN1.CC(=O)[C@H]1C[C@H](O)CN1. The molecule has 9 nitrogen and oxygen atoms in total. The fourth-order valence-electron chi connectivity index (χ4n) is 3.08. The standard InChI is InChI=1S/3C6H11NO2/c3*1-4(8)6-2-5(9)3-7-6/h3*5-7,9H,2-3H2,1H3/t2*5-,6+;5-,6-/m100/s1. The zero-order valence-electron chi connectivity index (χ0n) is 16.3. The summed E-state index contributed by atoms with van der Waals surface area (Å²) < 4.78 is 0. The van der Waals surface area contributed by atoms with Crippen molar-refractivity contribution in [3.8, 4) is 0 Å². The summed E-state index contributed by atoms with van der Waals surface area (Å²) in [5.41, 5.74) is 0. The molecule has 3 saturated heterocycles. The van der Waals surface area contributed by atoms with E-state index in [2.05, 4.69) is 16.0 Å². The van der Waals surface area contributed by atoms with Gasteiger partial charge in [0.15, 0.2) is 0 Å². The number of nitrogens with one attached hydrogen (secondary N) is 3. The normalized spacial score (nSPS) is 34.9. The molecular weight excluding hydrogens is 354 g/mol. The number of β-amino-alcohol motifs (C(OH)–C–C–N with tert-alkyl or cyclic N) is 3. The van der Waals surface area contributed by atoms with Crippen LogP contribution >= 0.6 is 0 Å². The van der Waals surface area contributed by atoms with Crippen LogP contribution in [0.3, 0.4) is 0 Å². The Morgan fingerprint density at radius 3 is 0.889 bits per heavy atom. The fourth-order valence-corrected chi connectivity index (χ4v) is 3.08. The molecule has 27 heavy (non-hydrogen) atoms. The summed E-state index contributed by atoms with van der Waals surface area (Å²) in [5.74, 6) is 0.352. The minimum Gasteiger partial charge on any atom is -0.392 e. The summed E-state index contributed by atoms with van der Waals surface area (Å²) in [6, 6.07) is -0.292. The molecule has 0 bridgehead atoms. The van der Waals surface area contributed by atoms with Crippen molar-refractivity contribution in [2.24, 2.45) is 0 Å². The number of aliphatic hydroxyl groups excluding tert-OH is 3. The predicted molar refractivity (Wildman–Crippen MR) is 99.3 cm³/mol. The Labute approximate surface area is 159 Å². The number of rotatable bonds is 3. The number of carbonyl (C=O) groups excluding carboxylic acids is 3. The van der Waals surface area contributed by atoms with E-state index in [4.69, 9.17) is 15.3 Å². The van der Waals surface area contributed by atoms with E-state index >= 15 is 0 Å². The Balaban J connectivity index is 0.000000202. The van der Waals surface area contributed by atoms with Gasteiger partial charge >= 0.3 is 0 Å². The van der Waals surface area contributed by atoms with Crippen molar-refractivity contribution in [1.82, 2.24) is 16.0 Å². The van der Waals surface area contributed by atoms with E-state index in [0.717, 1.165) is 0 Å². The lowest BCUT2D eigenvalue weighted by atomic mass is 10.1. The second-order valence-electron chi connectivity index (χ2n) is 7.38. The van der Waals surface area contributed by atoms with Gasteiger partial charge in [-0.15, -0.1) is 0 Å². The molecule has 3 aliphatic rings. The third-order valence-electron chi connectivity index (χ3n) is 4.80. The molecule has 9 heteroatoms. The number of carbonyl (C=O) groups is 3. The van der Waals surface area contributed by atoms with Crippen LogP contribution in [-0.4, -0.2) is 88.7 Å². The summed E-state index contributed by atoms with van der Waals surface area (Å²) in [6.07, 6.45) is 0.775. The van der Waals surface area contributed by atoms with Gasteiger partial charge in [0.25, 0.3) is 0 Å². The molecule has 3 aliphatic heterocycles. The summed E-state index contributed by atoms with van der Waals surface area (Å²) in [4.78, 5) is 31.9. The molecular formula is C18H33N3O6. The number of ketones is 3. The Morgan fingerprint density at radius 2 is 0.815 bits per heavy atom. The highest BCUT2D eigenvalue weighted by atomic mass is 16.3. The predicted octanol–water partition coefficient (Wildman–Crippen LogP) is -2.11. The van der Waals surface area contributed by atoms with Crippen molar-refractivity contribution in [3.05, 3.63) is 0 Å². The first-order valence-corrected chi connectivity index (χ1v) is 9.35. The molecule has 0 aromatic carbocycles. The average molecular weight is 387 g/mol. The highest BCUT2D eigenvalue weighted by molar-refractivity contribution is 5.82. The summed E-state index contributed by atoms with van der Waals surface area (Å²) in [7, 11) is 0. The third-order valence-corrected chi connectivity index (χ3v) is 4.80. The number of hydrogen-bond donors (Lipinski definition) is 6. The molecule has 6 N–H and O–H groups in total. The molecule has 0 unspecified atom stereocenters. The van der Waals surface area contributed by atoms with E-state index in [0.29, 0.717) is 38.9 Å². The second kappa shape index (κ2) is 11.6. The van der Waals surface area contributed by atoms with Crippen LogP contribution in [0.1, 0.15) is 40.0 Å². The van der Waals surface area contributed by atoms with Gasteiger partial charge in [-0.25, -0.2) is 0 Å². The largest absolute Gasteiger partial charge is 0.392 e. The molecule has 0 spiro atoms. The van der Waals surface area contributed by atoms with Gasteiger partial charge in [-0.05, 0) is 40.0 Å². The van der Waals surface area contributed by atoms with Gasteiger partial charge in [0, 0.05) is 19.6 Å². The minimum atomic E-state index is -0.320. The summed E-state index contributed by atoms with van der Waals surface area (Å²) in [6.45, 7) is 6.29. The van der Waals surface area contributed by atoms with E-state index in [-0.39, 0.29) is 53.8 Å². The van der Waals surface area contributed by atoms with E-state index in [1.54, 1.807) is 0 Å². The van der Waals surface area contributed by atoms with E-state index in [9.17, 15) is 14.4 Å². The van der Waals surface area contributed by atoms with E-state index in [1.807, 2.05) is 0 Å². The Kier molecular flexibility index (Phi) is 10.2. The minimum absolute atomic E-state index is 0.0972. The molecule has 0 aromatic heterocycles. The monoisotopic (exact) mass is 387 g/mol. The summed E-state index contributed by atoms with van der Waals surface area (Å²) >= 11 is 0. The van der Waals surface area contributed by atoms with Crippen LogP contribution in [0.4, 0.5) is 0 Å². The lowest BCUT2D eigenvalue weighted by molar-refractivity contribution is -0.119. The third kappa shape index (κ3) is 9.00. The van der Waals surface area contributed by atoms with Gasteiger partial charge in [0.1, 0.15) is 17.3 Å². The van der Waals surface area contributed by atoms with Crippen molar-refractivity contribution in [3.63, 3.8) is 0 Å². The molecule has 3 rings (SSSR count). The molecule has 156 valence electrons.